The van der Waals surface area contributed by atoms with Gasteiger partial charge in [0.1, 0.15) is 17.3 Å². The van der Waals surface area contributed by atoms with E-state index in [0.29, 0.717) is 5.76 Å². The quantitative estimate of drug-likeness (QED) is 0.619. The summed E-state index contributed by atoms with van der Waals surface area (Å²) in [5, 5.41) is 0.122. The number of aryl methyl sites for hydroxylation is 1. The molecule has 0 unspecified atom stereocenters. The van der Waals surface area contributed by atoms with Gasteiger partial charge in [0.15, 0.2) is 0 Å². The van der Waals surface area contributed by atoms with Gasteiger partial charge >= 0.3 is 0 Å². The average molecular weight is 437 g/mol. The highest BCUT2D eigenvalue weighted by Crippen LogP contribution is 2.27. The molecule has 0 spiro atoms. The van der Waals surface area contributed by atoms with E-state index in [1.54, 1.807) is 19.2 Å². The number of hydrogen-bond donors (Lipinski definition) is 1. The highest BCUT2D eigenvalue weighted by molar-refractivity contribution is 7.92. The van der Waals surface area contributed by atoms with Gasteiger partial charge in [-0.2, -0.15) is 0 Å². The number of sulfonamides is 1. The fourth-order valence-corrected chi connectivity index (χ4v) is 3.94. The lowest BCUT2D eigenvalue weighted by molar-refractivity contribution is 0.0775. The highest BCUT2D eigenvalue weighted by atomic mass is 35.5. The number of furan rings is 1. The Balaban J connectivity index is 1.81. The van der Waals surface area contributed by atoms with Gasteiger partial charge in [0, 0.05) is 12.6 Å². The van der Waals surface area contributed by atoms with E-state index >= 15 is 0 Å². The van der Waals surface area contributed by atoms with Crippen LogP contribution in [0.25, 0.3) is 0 Å². The Labute approximate surface area is 173 Å². The Morgan fingerprint density at radius 3 is 2.45 bits per heavy atom. The summed E-state index contributed by atoms with van der Waals surface area (Å²) >= 11 is 6.10. The largest absolute Gasteiger partial charge is 0.464 e. The zero-order valence-corrected chi connectivity index (χ0v) is 17.2. The van der Waals surface area contributed by atoms with Crippen LogP contribution in [0.3, 0.4) is 0 Å². The monoisotopic (exact) mass is 436 g/mol. The van der Waals surface area contributed by atoms with Crippen molar-refractivity contribution in [3.63, 3.8) is 0 Å². The molecule has 29 heavy (non-hydrogen) atoms. The van der Waals surface area contributed by atoms with Gasteiger partial charge in [0.25, 0.3) is 15.9 Å². The zero-order chi connectivity index (χ0) is 21.2. The van der Waals surface area contributed by atoms with E-state index in [9.17, 15) is 17.6 Å². The second kappa shape index (κ2) is 8.26. The molecule has 0 aliphatic rings. The maximum atomic E-state index is 13.1. The molecule has 0 radical (unpaired) electrons. The number of halogens is 2. The molecule has 0 atom stereocenters. The standard InChI is InChI=1S/C20H18ClFN2O4S/c1-13-3-7-16(28-13)12-24(2)20(25)14-4-10-18(21)19(11-14)23-29(26,27)17-8-5-15(22)6-9-17/h3-11,23H,12H2,1-2H3. The fraction of sp³-hybridized carbons (Fsp3) is 0.150. The molecule has 3 rings (SSSR count). The molecule has 0 aliphatic heterocycles. The minimum absolute atomic E-state index is 0.0454. The number of nitrogens with zero attached hydrogens (tertiary/aromatic N) is 1. The molecule has 2 aromatic carbocycles. The lowest BCUT2D eigenvalue weighted by atomic mass is 10.2. The van der Waals surface area contributed by atoms with Gasteiger partial charge in [0.05, 0.1) is 22.2 Å². The summed E-state index contributed by atoms with van der Waals surface area (Å²) in [5.74, 6) is 0.483. The summed E-state index contributed by atoms with van der Waals surface area (Å²) in [7, 11) is -2.39. The summed E-state index contributed by atoms with van der Waals surface area (Å²) < 4.78 is 45.9. The SMILES string of the molecule is Cc1ccc(CN(C)C(=O)c2ccc(Cl)c(NS(=O)(=O)c3ccc(F)cc3)c2)o1. The van der Waals surface area contributed by atoms with Crippen molar-refractivity contribution in [1.29, 1.82) is 0 Å². The predicted octanol–water partition coefficient (Wildman–Crippen LogP) is 4.45. The van der Waals surface area contributed by atoms with E-state index in [1.165, 1.54) is 23.1 Å². The minimum Gasteiger partial charge on any atom is -0.464 e. The molecule has 3 aromatic rings. The lowest BCUT2D eigenvalue weighted by Crippen LogP contribution is -2.26. The maximum Gasteiger partial charge on any atom is 0.261 e. The van der Waals surface area contributed by atoms with Crippen LogP contribution in [0.5, 0.6) is 0 Å². The molecule has 0 saturated heterocycles. The number of rotatable bonds is 6. The molecule has 9 heteroatoms. The number of carbonyl (C=O) groups is 1. The van der Waals surface area contributed by atoms with Crippen LogP contribution in [0.1, 0.15) is 21.9 Å². The van der Waals surface area contributed by atoms with Gasteiger partial charge in [-0.05, 0) is 61.5 Å². The van der Waals surface area contributed by atoms with Crippen molar-refractivity contribution in [3.8, 4) is 0 Å². The second-order valence-electron chi connectivity index (χ2n) is 6.43. The van der Waals surface area contributed by atoms with E-state index in [1.807, 2.05) is 6.92 Å². The summed E-state index contributed by atoms with van der Waals surface area (Å²) in [4.78, 5) is 14.0. The normalized spacial score (nSPS) is 11.3. The van der Waals surface area contributed by atoms with Gasteiger partial charge in [-0.1, -0.05) is 11.6 Å². The van der Waals surface area contributed by atoms with Gasteiger partial charge < -0.3 is 9.32 Å². The van der Waals surface area contributed by atoms with Crippen LogP contribution in [0.2, 0.25) is 5.02 Å². The molecular weight excluding hydrogens is 419 g/mol. The molecular formula is C20H18ClFN2O4S. The first-order valence-corrected chi connectivity index (χ1v) is 10.4. The van der Waals surface area contributed by atoms with Crippen LogP contribution < -0.4 is 4.72 Å². The van der Waals surface area contributed by atoms with Crippen LogP contribution in [0, 0.1) is 12.7 Å². The van der Waals surface area contributed by atoms with Crippen LogP contribution in [0.15, 0.2) is 63.9 Å². The van der Waals surface area contributed by atoms with Crippen molar-refractivity contribution in [3.05, 3.63) is 82.5 Å². The molecule has 1 aromatic heterocycles. The van der Waals surface area contributed by atoms with Crippen LogP contribution in [-0.4, -0.2) is 26.3 Å². The van der Waals surface area contributed by atoms with E-state index in [0.717, 1.165) is 30.0 Å². The van der Waals surface area contributed by atoms with Crippen LogP contribution >= 0.6 is 11.6 Å². The molecule has 1 heterocycles. The maximum absolute atomic E-state index is 13.1. The van der Waals surface area contributed by atoms with Crippen LogP contribution in [0.4, 0.5) is 10.1 Å². The molecule has 0 bridgehead atoms. The Morgan fingerprint density at radius 2 is 1.83 bits per heavy atom. The first-order chi connectivity index (χ1) is 13.7. The van der Waals surface area contributed by atoms with Crippen molar-refractivity contribution in [2.24, 2.45) is 0 Å². The summed E-state index contributed by atoms with van der Waals surface area (Å²) in [5.41, 5.74) is 0.293. The smallest absolute Gasteiger partial charge is 0.261 e. The van der Waals surface area contributed by atoms with Crippen molar-refractivity contribution in [2.75, 3.05) is 11.8 Å². The Morgan fingerprint density at radius 1 is 1.14 bits per heavy atom. The second-order valence-corrected chi connectivity index (χ2v) is 8.52. The third kappa shape index (κ3) is 4.96. The summed E-state index contributed by atoms with van der Waals surface area (Å²) in [6.45, 7) is 2.07. The number of nitrogens with one attached hydrogen (secondary N) is 1. The fourth-order valence-electron chi connectivity index (χ4n) is 2.65. The molecule has 0 aliphatic carbocycles. The Hall–Kier alpha value is -2.84. The molecule has 1 amide bonds. The van der Waals surface area contributed by atoms with Crippen LogP contribution in [-0.2, 0) is 16.6 Å². The summed E-state index contributed by atoms with van der Waals surface area (Å²) in [6, 6.07) is 12.2. The molecule has 0 fully saturated rings. The van der Waals surface area contributed by atoms with Crippen molar-refractivity contribution in [2.45, 2.75) is 18.4 Å². The Kier molecular flexibility index (Phi) is 5.95. The minimum atomic E-state index is -4.00. The van der Waals surface area contributed by atoms with E-state index in [2.05, 4.69) is 4.72 Å². The average Bonchev–Trinajstić information content (AvgIpc) is 3.07. The number of anilines is 1. The van der Waals surface area contributed by atoms with E-state index in [-0.39, 0.29) is 33.6 Å². The first kappa shape index (κ1) is 20.9. The summed E-state index contributed by atoms with van der Waals surface area (Å²) in [6.07, 6.45) is 0. The van der Waals surface area contributed by atoms with Gasteiger partial charge in [-0.15, -0.1) is 0 Å². The van der Waals surface area contributed by atoms with Crippen molar-refractivity contribution in [1.82, 2.24) is 4.90 Å². The van der Waals surface area contributed by atoms with Gasteiger partial charge in [-0.25, -0.2) is 12.8 Å². The molecule has 152 valence electrons. The van der Waals surface area contributed by atoms with E-state index < -0.39 is 15.8 Å². The molecule has 0 saturated carbocycles. The number of benzene rings is 2. The number of hydrogen-bond acceptors (Lipinski definition) is 4. The number of amides is 1. The van der Waals surface area contributed by atoms with E-state index in [4.69, 9.17) is 16.0 Å². The van der Waals surface area contributed by atoms with Crippen molar-refractivity contribution < 1.29 is 22.0 Å². The highest BCUT2D eigenvalue weighted by Gasteiger charge is 2.19. The third-order valence-corrected chi connectivity index (χ3v) is 5.83. The van der Waals surface area contributed by atoms with Gasteiger partial charge in [0.2, 0.25) is 0 Å². The first-order valence-electron chi connectivity index (χ1n) is 8.54. The Bertz CT molecular complexity index is 1140. The van der Waals surface area contributed by atoms with Crippen molar-refractivity contribution >= 4 is 33.2 Å². The third-order valence-electron chi connectivity index (χ3n) is 4.12. The molecule has 1 N–H and O–H groups in total. The topological polar surface area (TPSA) is 79.6 Å². The lowest BCUT2D eigenvalue weighted by Gasteiger charge is -2.17. The van der Waals surface area contributed by atoms with Gasteiger partial charge in [-0.3, -0.25) is 9.52 Å². The predicted molar refractivity (Wildman–Crippen MR) is 108 cm³/mol. The molecule has 6 nitrogen and oxygen atoms in total. The zero-order valence-electron chi connectivity index (χ0n) is 15.6. The number of carbonyl (C=O) groups excluding carboxylic acids is 1.